The maximum Gasteiger partial charge on any atom is 0.258 e. The Balaban J connectivity index is 2.59. The van der Waals surface area contributed by atoms with E-state index in [0.29, 0.717) is 24.7 Å². The van der Waals surface area contributed by atoms with Crippen molar-refractivity contribution in [1.82, 2.24) is 5.32 Å². The normalized spacial score (nSPS) is 11.8. The van der Waals surface area contributed by atoms with Crippen molar-refractivity contribution < 1.29 is 14.3 Å². The Labute approximate surface area is 126 Å². The quantitative estimate of drug-likeness (QED) is 0.732. The van der Waals surface area contributed by atoms with Gasteiger partial charge < -0.3 is 20.5 Å². The Morgan fingerprint density at radius 1 is 1.29 bits per heavy atom. The van der Waals surface area contributed by atoms with Crippen molar-refractivity contribution >= 4 is 5.91 Å². The first-order valence-corrected chi connectivity index (χ1v) is 7.48. The van der Waals surface area contributed by atoms with E-state index in [1.807, 2.05) is 26.0 Å². The molecule has 118 valence electrons. The molecule has 0 saturated carbocycles. The third-order valence-electron chi connectivity index (χ3n) is 3.03. The maximum absolute atomic E-state index is 11.8. The standard InChI is InChI=1S/C16H26N2O3/c1-4-6-12(3)18-16(19)11-21-14-8-7-13(10-17)9-15(14)20-5-2/h7-9,12H,4-6,10-11,17H2,1-3H3,(H,18,19). The van der Waals surface area contributed by atoms with E-state index in [9.17, 15) is 4.79 Å². The van der Waals surface area contributed by atoms with E-state index >= 15 is 0 Å². The summed E-state index contributed by atoms with van der Waals surface area (Å²) in [7, 11) is 0. The van der Waals surface area contributed by atoms with Crippen molar-refractivity contribution in [3.05, 3.63) is 23.8 Å². The van der Waals surface area contributed by atoms with Gasteiger partial charge in [-0.3, -0.25) is 4.79 Å². The zero-order valence-electron chi connectivity index (χ0n) is 13.1. The van der Waals surface area contributed by atoms with Crippen molar-refractivity contribution in [3.63, 3.8) is 0 Å². The fourth-order valence-electron chi connectivity index (χ4n) is 2.03. The summed E-state index contributed by atoms with van der Waals surface area (Å²) in [5, 5.41) is 2.90. The summed E-state index contributed by atoms with van der Waals surface area (Å²) in [5.74, 6) is 1.06. The Morgan fingerprint density at radius 3 is 2.67 bits per heavy atom. The summed E-state index contributed by atoms with van der Waals surface area (Å²) in [6.07, 6.45) is 2.00. The second kappa shape index (κ2) is 9.23. The molecule has 0 bridgehead atoms. The van der Waals surface area contributed by atoms with Gasteiger partial charge in [0.25, 0.3) is 5.91 Å². The number of ether oxygens (including phenoxy) is 2. The molecule has 0 aromatic heterocycles. The average Bonchev–Trinajstić information content (AvgIpc) is 2.46. The van der Waals surface area contributed by atoms with E-state index in [1.165, 1.54) is 0 Å². The second-order valence-corrected chi connectivity index (χ2v) is 4.96. The molecule has 0 aliphatic carbocycles. The Kier molecular flexibility index (Phi) is 7.61. The number of carbonyl (C=O) groups is 1. The molecule has 21 heavy (non-hydrogen) atoms. The predicted octanol–water partition coefficient (Wildman–Crippen LogP) is 2.23. The van der Waals surface area contributed by atoms with Gasteiger partial charge in [-0.2, -0.15) is 0 Å². The largest absolute Gasteiger partial charge is 0.490 e. The minimum absolute atomic E-state index is 0.0178. The van der Waals surface area contributed by atoms with Crippen LogP contribution in [0.4, 0.5) is 0 Å². The molecule has 0 aliphatic heterocycles. The van der Waals surface area contributed by atoms with Crippen LogP contribution in [0.1, 0.15) is 39.2 Å². The lowest BCUT2D eigenvalue weighted by Crippen LogP contribution is -2.35. The number of hydrogen-bond donors (Lipinski definition) is 2. The minimum atomic E-state index is -0.124. The molecular weight excluding hydrogens is 268 g/mol. The Hall–Kier alpha value is -1.75. The van der Waals surface area contributed by atoms with E-state index in [-0.39, 0.29) is 18.6 Å². The number of benzene rings is 1. The van der Waals surface area contributed by atoms with Crippen LogP contribution in [0.25, 0.3) is 0 Å². The van der Waals surface area contributed by atoms with Crippen molar-refractivity contribution in [3.8, 4) is 11.5 Å². The predicted molar refractivity (Wildman–Crippen MR) is 83.5 cm³/mol. The van der Waals surface area contributed by atoms with Gasteiger partial charge in [0.2, 0.25) is 0 Å². The van der Waals surface area contributed by atoms with E-state index in [1.54, 1.807) is 6.07 Å². The van der Waals surface area contributed by atoms with Crippen molar-refractivity contribution in [2.45, 2.75) is 46.2 Å². The van der Waals surface area contributed by atoms with Crippen LogP contribution in [-0.4, -0.2) is 25.2 Å². The van der Waals surface area contributed by atoms with Crippen molar-refractivity contribution in [2.24, 2.45) is 5.73 Å². The highest BCUT2D eigenvalue weighted by Gasteiger charge is 2.10. The fourth-order valence-corrected chi connectivity index (χ4v) is 2.03. The monoisotopic (exact) mass is 294 g/mol. The average molecular weight is 294 g/mol. The highest BCUT2D eigenvalue weighted by atomic mass is 16.5. The molecule has 1 aromatic rings. The van der Waals surface area contributed by atoms with Gasteiger partial charge in [-0.15, -0.1) is 0 Å². The lowest BCUT2D eigenvalue weighted by molar-refractivity contribution is -0.123. The first-order valence-electron chi connectivity index (χ1n) is 7.48. The highest BCUT2D eigenvalue weighted by Crippen LogP contribution is 2.28. The maximum atomic E-state index is 11.8. The molecule has 1 aromatic carbocycles. The lowest BCUT2D eigenvalue weighted by atomic mass is 10.2. The number of amides is 1. The summed E-state index contributed by atoms with van der Waals surface area (Å²) in [6.45, 7) is 6.93. The van der Waals surface area contributed by atoms with Crippen LogP contribution in [0, 0.1) is 0 Å². The van der Waals surface area contributed by atoms with Gasteiger partial charge in [-0.25, -0.2) is 0 Å². The van der Waals surface area contributed by atoms with Gasteiger partial charge in [0.15, 0.2) is 18.1 Å². The van der Waals surface area contributed by atoms with E-state index in [2.05, 4.69) is 12.2 Å². The van der Waals surface area contributed by atoms with E-state index in [4.69, 9.17) is 15.2 Å². The van der Waals surface area contributed by atoms with Crippen LogP contribution in [0.5, 0.6) is 11.5 Å². The molecule has 0 saturated heterocycles. The molecule has 0 fully saturated rings. The van der Waals surface area contributed by atoms with Crippen LogP contribution in [0.3, 0.4) is 0 Å². The van der Waals surface area contributed by atoms with Crippen LogP contribution < -0.4 is 20.5 Å². The SMILES string of the molecule is CCCC(C)NC(=O)COc1ccc(CN)cc1OCC. The molecule has 1 rings (SSSR count). The molecule has 0 spiro atoms. The zero-order chi connectivity index (χ0) is 15.7. The van der Waals surface area contributed by atoms with Crippen molar-refractivity contribution in [1.29, 1.82) is 0 Å². The molecule has 1 unspecified atom stereocenters. The molecule has 1 amide bonds. The van der Waals surface area contributed by atoms with Crippen molar-refractivity contribution in [2.75, 3.05) is 13.2 Å². The van der Waals surface area contributed by atoms with E-state index in [0.717, 1.165) is 18.4 Å². The fraction of sp³-hybridized carbons (Fsp3) is 0.562. The number of rotatable bonds is 9. The molecule has 0 heterocycles. The first-order chi connectivity index (χ1) is 10.1. The number of carbonyl (C=O) groups excluding carboxylic acids is 1. The first kappa shape index (κ1) is 17.3. The number of nitrogens with one attached hydrogen (secondary N) is 1. The number of nitrogens with two attached hydrogens (primary N) is 1. The van der Waals surface area contributed by atoms with Crippen LogP contribution in [-0.2, 0) is 11.3 Å². The topological polar surface area (TPSA) is 73.6 Å². The van der Waals surface area contributed by atoms with Crippen LogP contribution in [0.2, 0.25) is 0 Å². The van der Waals surface area contributed by atoms with Gasteiger partial charge in [-0.1, -0.05) is 19.4 Å². The Bertz CT molecular complexity index is 449. The molecule has 1 atom stereocenters. The molecule has 5 nitrogen and oxygen atoms in total. The molecule has 0 aliphatic rings. The summed E-state index contributed by atoms with van der Waals surface area (Å²) in [6, 6.07) is 5.67. The van der Waals surface area contributed by atoms with E-state index < -0.39 is 0 Å². The second-order valence-electron chi connectivity index (χ2n) is 4.96. The smallest absolute Gasteiger partial charge is 0.258 e. The number of hydrogen-bond acceptors (Lipinski definition) is 4. The highest BCUT2D eigenvalue weighted by molar-refractivity contribution is 5.77. The van der Waals surface area contributed by atoms with Gasteiger partial charge in [0.05, 0.1) is 6.61 Å². The van der Waals surface area contributed by atoms with Gasteiger partial charge in [0.1, 0.15) is 0 Å². The zero-order valence-corrected chi connectivity index (χ0v) is 13.1. The Morgan fingerprint density at radius 2 is 2.05 bits per heavy atom. The molecular formula is C16H26N2O3. The van der Waals surface area contributed by atoms with Crippen LogP contribution >= 0.6 is 0 Å². The summed E-state index contributed by atoms with van der Waals surface area (Å²) in [4.78, 5) is 11.8. The van der Waals surface area contributed by atoms with Gasteiger partial charge >= 0.3 is 0 Å². The summed E-state index contributed by atoms with van der Waals surface area (Å²) >= 11 is 0. The minimum Gasteiger partial charge on any atom is -0.490 e. The molecule has 5 heteroatoms. The lowest BCUT2D eigenvalue weighted by Gasteiger charge is -2.15. The van der Waals surface area contributed by atoms with Gasteiger partial charge in [-0.05, 0) is 38.0 Å². The van der Waals surface area contributed by atoms with Gasteiger partial charge in [0, 0.05) is 12.6 Å². The van der Waals surface area contributed by atoms with Crippen LogP contribution in [0.15, 0.2) is 18.2 Å². The molecule has 0 radical (unpaired) electrons. The summed E-state index contributed by atoms with van der Waals surface area (Å²) < 4.78 is 11.1. The third kappa shape index (κ3) is 6.04. The molecule has 3 N–H and O–H groups in total. The summed E-state index contributed by atoms with van der Waals surface area (Å²) in [5.41, 5.74) is 6.57. The third-order valence-corrected chi connectivity index (χ3v) is 3.03.